The molecule has 2 nitrogen and oxygen atoms in total. The lowest BCUT2D eigenvalue weighted by Crippen LogP contribution is -2.42. The second-order valence-electron chi connectivity index (χ2n) is 5.08. The summed E-state index contributed by atoms with van der Waals surface area (Å²) in [6.45, 7) is 15.0. The highest BCUT2D eigenvalue weighted by Crippen LogP contribution is 2.04. The van der Waals surface area contributed by atoms with Crippen molar-refractivity contribution in [1.82, 2.24) is 9.80 Å². The van der Waals surface area contributed by atoms with E-state index in [0.717, 1.165) is 0 Å². The first-order chi connectivity index (χ1) is 6.99. The fourth-order valence-corrected chi connectivity index (χ4v) is 1.94. The Labute approximate surface area is 96.6 Å². The Morgan fingerprint density at radius 3 is 1.80 bits per heavy atom. The van der Waals surface area contributed by atoms with Crippen LogP contribution < -0.4 is 0 Å². The molecule has 0 aromatic rings. The minimum Gasteiger partial charge on any atom is -0.305 e. The number of likely N-dealkylation sites (N-methyl/N-ethyl adjacent to an activating group) is 1. The topological polar surface area (TPSA) is 6.48 Å². The Bertz CT molecular complexity index is 135. The lowest BCUT2D eigenvalue weighted by Gasteiger charge is -2.32. The zero-order valence-corrected chi connectivity index (χ0v) is 11.6. The van der Waals surface area contributed by atoms with Gasteiger partial charge >= 0.3 is 0 Å². The largest absolute Gasteiger partial charge is 0.305 e. The van der Waals surface area contributed by atoms with Crippen LogP contribution in [0.25, 0.3) is 0 Å². The fourth-order valence-electron chi connectivity index (χ4n) is 1.94. The molecule has 0 saturated heterocycles. The first-order valence-electron chi connectivity index (χ1n) is 6.43. The van der Waals surface area contributed by atoms with Crippen LogP contribution in [0, 0.1) is 0 Å². The fraction of sp³-hybridized carbons (Fsp3) is 1.00. The van der Waals surface area contributed by atoms with Crippen LogP contribution in [0.15, 0.2) is 0 Å². The van der Waals surface area contributed by atoms with Crippen LogP contribution >= 0.6 is 0 Å². The molecule has 0 fully saturated rings. The molecule has 0 N–H and O–H groups in total. The van der Waals surface area contributed by atoms with Crippen molar-refractivity contribution >= 4 is 0 Å². The summed E-state index contributed by atoms with van der Waals surface area (Å²) >= 11 is 0. The van der Waals surface area contributed by atoms with Crippen molar-refractivity contribution in [2.24, 2.45) is 0 Å². The molecule has 0 heterocycles. The molecule has 0 amide bonds. The van der Waals surface area contributed by atoms with Crippen LogP contribution in [0.4, 0.5) is 0 Å². The number of nitrogens with zero attached hydrogens (tertiary/aromatic N) is 2. The van der Waals surface area contributed by atoms with Gasteiger partial charge in [0.15, 0.2) is 0 Å². The van der Waals surface area contributed by atoms with Crippen molar-refractivity contribution in [3.8, 4) is 0 Å². The molecule has 0 aliphatic carbocycles. The second-order valence-corrected chi connectivity index (χ2v) is 5.08. The highest BCUT2D eigenvalue weighted by Gasteiger charge is 2.13. The van der Waals surface area contributed by atoms with Gasteiger partial charge in [-0.25, -0.2) is 0 Å². The van der Waals surface area contributed by atoms with Gasteiger partial charge in [0.25, 0.3) is 0 Å². The first-order valence-corrected chi connectivity index (χ1v) is 6.43. The summed E-state index contributed by atoms with van der Waals surface area (Å²) in [5, 5.41) is 0. The molecule has 2 heteroatoms. The van der Waals surface area contributed by atoms with E-state index >= 15 is 0 Å². The molecule has 15 heavy (non-hydrogen) atoms. The van der Waals surface area contributed by atoms with Gasteiger partial charge in [0.05, 0.1) is 0 Å². The van der Waals surface area contributed by atoms with Gasteiger partial charge < -0.3 is 4.90 Å². The van der Waals surface area contributed by atoms with E-state index in [-0.39, 0.29) is 0 Å². The number of rotatable bonds is 8. The highest BCUT2D eigenvalue weighted by molar-refractivity contribution is 4.68. The minimum atomic E-state index is 0.657. The molecule has 0 saturated carbocycles. The molecule has 0 spiro atoms. The molecule has 0 aromatic heterocycles. The van der Waals surface area contributed by atoms with Gasteiger partial charge in [-0.15, -0.1) is 0 Å². The molecule has 0 rings (SSSR count). The Hall–Kier alpha value is -0.0800. The van der Waals surface area contributed by atoms with Crippen molar-refractivity contribution in [1.29, 1.82) is 0 Å². The van der Waals surface area contributed by atoms with E-state index in [2.05, 4.69) is 51.5 Å². The monoisotopic (exact) mass is 214 g/mol. The number of hydrogen-bond acceptors (Lipinski definition) is 2. The Balaban J connectivity index is 3.78. The van der Waals surface area contributed by atoms with Crippen LogP contribution in [-0.4, -0.2) is 48.6 Å². The van der Waals surface area contributed by atoms with E-state index in [1.807, 2.05) is 0 Å². The zero-order valence-electron chi connectivity index (χ0n) is 11.6. The van der Waals surface area contributed by atoms with E-state index < -0.39 is 0 Å². The summed E-state index contributed by atoms with van der Waals surface area (Å²) < 4.78 is 0. The summed E-state index contributed by atoms with van der Waals surface area (Å²) in [5.74, 6) is 0. The standard InChI is InChI=1S/C13H30N2/c1-7-8-9-14(6)10-11-15(12(2)3)13(4)5/h12-13H,7-11H2,1-6H3. The average molecular weight is 214 g/mol. The summed E-state index contributed by atoms with van der Waals surface area (Å²) in [5.41, 5.74) is 0. The Morgan fingerprint density at radius 2 is 1.40 bits per heavy atom. The molecule has 0 bridgehead atoms. The molecule has 0 unspecified atom stereocenters. The van der Waals surface area contributed by atoms with Gasteiger partial charge in [0, 0.05) is 25.2 Å². The summed E-state index contributed by atoms with van der Waals surface area (Å²) in [6.07, 6.45) is 2.61. The third kappa shape index (κ3) is 6.91. The van der Waals surface area contributed by atoms with Crippen molar-refractivity contribution in [3.63, 3.8) is 0 Å². The molecule has 0 atom stereocenters. The van der Waals surface area contributed by atoms with Crippen LogP contribution in [-0.2, 0) is 0 Å². The second kappa shape index (κ2) is 8.12. The Morgan fingerprint density at radius 1 is 0.867 bits per heavy atom. The van der Waals surface area contributed by atoms with Gasteiger partial charge in [0.1, 0.15) is 0 Å². The van der Waals surface area contributed by atoms with E-state index in [1.54, 1.807) is 0 Å². The SMILES string of the molecule is CCCCN(C)CCN(C(C)C)C(C)C. The minimum absolute atomic E-state index is 0.657. The summed E-state index contributed by atoms with van der Waals surface area (Å²) in [7, 11) is 2.23. The van der Waals surface area contributed by atoms with Gasteiger partial charge in [-0.3, -0.25) is 4.90 Å². The average Bonchev–Trinajstić information content (AvgIpc) is 2.13. The van der Waals surface area contributed by atoms with Gasteiger partial charge in [0.2, 0.25) is 0 Å². The number of unbranched alkanes of at least 4 members (excludes halogenated alkanes) is 1. The van der Waals surface area contributed by atoms with Crippen LogP contribution in [0.5, 0.6) is 0 Å². The van der Waals surface area contributed by atoms with Crippen molar-refractivity contribution in [3.05, 3.63) is 0 Å². The lowest BCUT2D eigenvalue weighted by molar-refractivity contribution is 0.152. The van der Waals surface area contributed by atoms with Crippen LogP contribution in [0.2, 0.25) is 0 Å². The van der Waals surface area contributed by atoms with Crippen LogP contribution in [0.3, 0.4) is 0 Å². The number of hydrogen-bond donors (Lipinski definition) is 0. The van der Waals surface area contributed by atoms with Gasteiger partial charge in [-0.05, 0) is 47.7 Å². The molecule has 92 valence electrons. The summed E-state index contributed by atoms with van der Waals surface area (Å²) in [4.78, 5) is 5.00. The quantitative estimate of drug-likeness (QED) is 0.613. The van der Waals surface area contributed by atoms with Crippen molar-refractivity contribution < 1.29 is 0 Å². The van der Waals surface area contributed by atoms with Crippen molar-refractivity contribution in [2.45, 2.75) is 59.5 Å². The van der Waals surface area contributed by atoms with Crippen LogP contribution in [0.1, 0.15) is 47.5 Å². The normalized spacial score (nSPS) is 12.4. The maximum Gasteiger partial charge on any atom is 0.0115 e. The highest BCUT2D eigenvalue weighted by atomic mass is 15.2. The van der Waals surface area contributed by atoms with E-state index in [1.165, 1.54) is 32.5 Å². The van der Waals surface area contributed by atoms with Gasteiger partial charge in [-0.2, -0.15) is 0 Å². The molecule has 0 aromatic carbocycles. The maximum absolute atomic E-state index is 2.56. The first kappa shape index (κ1) is 14.9. The predicted molar refractivity (Wildman–Crippen MR) is 69.4 cm³/mol. The predicted octanol–water partition coefficient (Wildman–Crippen LogP) is 2.84. The maximum atomic E-state index is 2.56. The van der Waals surface area contributed by atoms with E-state index in [9.17, 15) is 0 Å². The van der Waals surface area contributed by atoms with Crippen molar-refractivity contribution in [2.75, 3.05) is 26.7 Å². The summed E-state index contributed by atoms with van der Waals surface area (Å²) in [6, 6.07) is 1.31. The molecule has 0 radical (unpaired) electrons. The molecule has 0 aliphatic heterocycles. The third-order valence-electron chi connectivity index (χ3n) is 2.96. The smallest absolute Gasteiger partial charge is 0.0115 e. The van der Waals surface area contributed by atoms with E-state index in [4.69, 9.17) is 0 Å². The third-order valence-corrected chi connectivity index (χ3v) is 2.96. The molecular weight excluding hydrogens is 184 g/mol. The van der Waals surface area contributed by atoms with E-state index in [0.29, 0.717) is 12.1 Å². The lowest BCUT2D eigenvalue weighted by atomic mass is 10.2. The zero-order chi connectivity index (χ0) is 11.8. The Kier molecular flexibility index (Phi) is 8.07. The molecule has 0 aliphatic rings. The molecular formula is C13H30N2. The van der Waals surface area contributed by atoms with Gasteiger partial charge in [-0.1, -0.05) is 13.3 Å².